The van der Waals surface area contributed by atoms with E-state index in [1.807, 2.05) is 0 Å². The van der Waals surface area contributed by atoms with E-state index >= 15 is 0 Å². The number of quaternary nitrogens is 2. The third-order valence-corrected chi connectivity index (χ3v) is 4.26. The second-order valence-corrected chi connectivity index (χ2v) is 6.59. The zero-order valence-electron chi connectivity index (χ0n) is 11.5. The predicted molar refractivity (Wildman–Crippen MR) is 75.2 cm³/mol. The molecule has 0 saturated carbocycles. The standard InChI is InChI=1S/C10H8O8S2.2H3N/c11-8-4-9(20(16,17)18)10(12)6-2-1-5(3-7(6)8)19(13,14)15;;/h1-4,11-12H,(H,13,14,15)(H,16,17,18);2*1H3. The second-order valence-electron chi connectivity index (χ2n) is 3.86. The molecule has 0 atom stereocenters. The van der Waals surface area contributed by atoms with E-state index in [2.05, 4.69) is 0 Å². The van der Waals surface area contributed by atoms with Crippen molar-refractivity contribution >= 4 is 31.0 Å². The highest BCUT2D eigenvalue weighted by Crippen LogP contribution is 2.38. The number of hydrogen-bond acceptors (Lipinski definition) is 8. The molecule has 0 aliphatic heterocycles. The van der Waals surface area contributed by atoms with Crippen molar-refractivity contribution in [3.05, 3.63) is 24.3 Å². The average molecular weight is 354 g/mol. The number of phenolic OH excluding ortho intramolecular Hbond substituents is 2. The van der Waals surface area contributed by atoms with E-state index in [1.165, 1.54) is 0 Å². The Morgan fingerprint density at radius 1 is 0.818 bits per heavy atom. The van der Waals surface area contributed by atoms with Crippen LogP contribution in [0.25, 0.3) is 10.8 Å². The quantitative estimate of drug-likeness (QED) is 0.444. The van der Waals surface area contributed by atoms with E-state index < -0.39 is 41.5 Å². The molecule has 10 N–H and O–H groups in total. The topological polar surface area (TPSA) is 228 Å². The van der Waals surface area contributed by atoms with Crippen LogP contribution in [0.5, 0.6) is 11.5 Å². The maximum atomic E-state index is 10.9. The highest BCUT2D eigenvalue weighted by molar-refractivity contribution is 7.86. The molecular formula is C10H14N2O8S2. The van der Waals surface area contributed by atoms with Gasteiger partial charge in [0, 0.05) is 16.8 Å². The van der Waals surface area contributed by atoms with Crippen LogP contribution in [0.3, 0.4) is 0 Å². The Bertz CT molecular complexity index is 922. The van der Waals surface area contributed by atoms with Gasteiger partial charge in [-0.15, -0.1) is 0 Å². The summed E-state index contributed by atoms with van der Waals surface area (Å²) in [7, 11) is -9.81. The van der Waals surface area contributed by atoms with Crippen molar-refractivity contribution in [1.82, 2.24) is 12.3 Å². The molecular weight excluding hydrogens is 340 g/mol. The summed E-state index contributed by atoms with van der Waals surface area (Å²) in [4.78, 5) is -1.71. The minimum atomic E-state index is -5.03. The van der Waals surface area contributed by atoms with E-state index in [0.29, 0.717) is 6.07 Å². The van der Waals surface area contributed by atoms with Crippen molar-refractivity contribution in [1.29, 1.82) is 0 Å². The number of aromatic hydroxyl groups is 2. The van der Waals surface area contributed by atoms with Crippen molar-refractivity contribution < 1.29 is 36.2 Å². The minimum absolute atomic E-state index is 0. The van der Waals surface area contributed by atoms with Crippen molar-refractivity contribution in [3.8, 4) is 11.5 Å². The van der Waals surface area contributed by atoms with Gasteiger partial charge >= 0.3 is 0 Å². The van der Waals surface area contributed by atoms with Crippen LogP contribution in [-0.2, 0) is 20.2 Å². The molecule has 0 heterocycles. The zero-order valence-corrected chi connectivity index (χ0v) is 13.1. The highest BCUT2D eigenvalue weighted by atomic mass is 32.2. The molecule has 0 amide bonds. The van der Waals surface area contributed by atoms with Crippen LogP contribution in [0.2, 0.25) is 0 Å². The van der Waals surface area contributed by atoms with E-state index in [9.17, 15) is 36.2 Å². The van der Waals surface area contributed by atoms with Crippen LogP contribution in [0.4, 0.5) is 0 Å². The van der Waals surface area contributed by atoms with Gasteiger partial charge in [-0.3, -0.25) is 0 Å². The summed E-state index contributed by atoms with van der Waals surface area (Å²) in [6.45, 7) is 0. The largest absolute Gasteiger partial charge is 0.744 e. The van der Waals surface area contributed by atoms with Crippen LogP contribution in [0.15, 0.2) is 34.1 Å². The SMILES string of the molecule is O=S(=O)([O-])c1ccc2c(O)c(S(=O)(=O)[O-])cc(O)c2c1.[NH4+].[NH4+]. The van der Waals surface area contributed by atoms with E-state index in [0.717, 1.165) is 18.2 Å². The molecule has 0 unspecified atom stereocenters. The first-order chi connectivity index (χ1) is 9.01. The number of benzene rings is 2. The number of fused-ring (bicyclic) bond motifs is 1. The van der Waals surface area contributed by atoms with E-state index in [4.69, 9.17) is 0 Å². The monoisotopic (exact) mass is 354 g/mol. The molecule has 0 aliphatic rings. The zero-order chi connectivity index (χ0) is 15.3. The van der Waals surface area contributed by atoms with Gasteiger partial charge < -0.3 is 31.6 Å². The summed E-state index contributed by atoms with van der Waals surface area (Å²) in [5, 5.41) is 18.8. The summed E-state index contributed by atoms with van der Waals surface area (Å²) < 4.78 is 65.3. The Morgan fingerprint density at radius 3 is 1.82 bits per heavy atom. The molecule has 2 rings (SSSR count). The predicted octanol–water partition coefficient (Wildman–Crippen LogP) is 0.812. The maximum absolute atomic E-state index is 10.9. The molecule has 0 saturated heterocycles. The highest BCUT2D eigenvalue weighted by Gasteiger charge is 2.16. The van der Waals surface area contributed by atoms with Crippen molar-refractivity contribution in [2.24, 2.45) is 0 Å². The molecule has 0 aliphatic carbocycles. The third kappa shape index (κ3) is 3.44. The third-order valence-electron chi connectivity index (χ3n) is 2.58. The molecule has 0 spiro atoms. The number of rotatable bonds is 2. The Morgan fingerprint density at radius 2 is 1.36 bits per heavy atom. The molecule has 10 nitrogen and oxygen atoms in total. The van der Waals surface area contributed by atoms with Gasteiger partial charge in [0.05, 0.1) is 4.90 Å². The summed E-state index contributed by atoms with van der Waals surface area (Å²) >= 11 is 0. The van der Waals surface area contributed by atoms with Gasteiger partial charge in [-0.1, -0.05) is 0 Å². The number of phenols is 2. The maximum Gasteiger partial charge on any atom is 0.141 e. The molecule has 12 heteroatoms. The van der Waals surface area contributed by atoms with Crippen LogP contribution in [0.1, 0.15) is 0 Å². The first-order valence-corrected chi connectivity index (χ1v) is 7.74. The second kappa shape index (κ2) is 6.04. The fourth-order valence-corrected chi connectivity index (χ4v) is 2.79. The summed E-state index contributed by atoms with van der Waals surface area (Å²) in [5.41, 5.74) is 0. The molecule has 0 fully saturated rings. The van der Waals surface area contributed by atoms with Crippen molar-refractivity contribution in [2.45, 2.75) is 9.79 Å². The van der Waals surface area contributed by atoms with Gasteiger partial charge in [0.25, 0.3) is 0 Å². The van der Waals surface area contributed by atoms with Gasteiger partial charge in [0.15, 0.2) is 0 Å². The lowest BCUT2D eigenvalue weighted by Crippen LogP contribution is -2.01. The average Bonchev–Trinajstić information content (AvgIpc) is 2.30. The van der Waals surface area contributed by atoms with Crippen LogP contribution < -0.4 is 12.3 Å². The van der Waals surface area contributed by atoms with Crippen molar-refractivity contribution in [2.75, 3.05) is 0 Å². The Labute approximate surface area is 125 Å². The molecule has 0 aromatic heterocycles. The summed E-state index contributed by atoms with van der Waals surface area (Å²) in [5.74, 6) is -1.68. The first kappa shape index (κ1) is 20.0. The van der Waals surface area contributed by atoms with Crippen LogP contribution in [-0.4, -0.2) is 36.2 Å². The van der Waals surface area contributed by atoms with Crippen LogP contribution >= 0.6 is 0 Å². The Kier molecular flexibility index (Phi) is 5.50. The minimum Gasteiger partial charge on any atom is -0.744 e. The molecule has 2 aromatic carbocycles. The Balaban J connectivity index is 0.00000220. The molecule has 0 radical (unpaired) electrons. The van der Waals surface area contributed by atoms with Gasteiger partial charge in [-0.05, 0) is 18.2 Å². The Hall–Kier alpha value is -1.96. The summed E-state index contributed by atoms with van der Waals surface area (Å²) in [6.07, 6.45) is 0. The van der Waals surface area contributed by atoms with Crippen molar-refractivity contribution in [3.63, 3.8) is 0 Å². The normalized spacial score (nSPS) is 11.5. The fourth-order valence-electron chi connectivity index (χ4n) is 1.69. The summed E-state index contributed by atoms with van der Waals surface area (Å²) in [6, 6.07) is 3.00. The van der Waals surface area contributed by atoms with Gasteiger partial charge in [-0.2, -0.15) is 0 Å². The lowest BCUT2D eigenvalue weighted by atomic mass is 10.1. The van der Waals surface area contributed by atoms with E-state index in [-0.39, 0.29) is 23.1 Å². The number of hydrogen-bond donors (Lipinski definition) is 4. The van der Waals surface area contributed by atoms with Crippen LogP contribution in [0, 0.1) is 0 Å². The van der Waals surface area contributed by atoms with Gasteiger partial charge in [-0.25, -0.2) is 16.8 Å². The lowest BCUT2D eigenvalue weighted by molar-refractivity contribution is 0.432. The van der Waals surface area contributed by atoms with Gasteiger partial charge in [0.1, 0.15) is 36.6 Å². The fraction of sp³-hybridized carbons (Fsp3) is 0. The smallest absolute Gasteiger partial charge is 0.141 e. The molecule has 22 heavy (non-hydrogen) atoms. The van der Waals surface area contributed by atoms with E-state index in [1.54, 1.807) is 0 Å². The molecule has 0 bridgehead atoms. The lowest BCUT2D eigenvalue weighted by Gasteiger charge is -2.14. The molecule has 2 aromatic rings. The first-order valence-electron chi connectivity index (χ1n) is 4.92. The molecule has 124 valence electrons. The van der Waals surface area contributed by atoms with Gasteiger partial charge in [0.2, 0.25) is 0 Å².